The number of hydrogen-bond acceptors (Lipinski definition) is 22. The van der Waals surface area contributed by atoms with Crippen molar-refractivity contribution in [1.29, 1.82) is 0 Å². The summed E-state index contributed by atoms with van der Waals surface area (Å²) in [7, 11) is 4.75. The van der Waals surface area contributed by atoms with Gasteiger partial charge < -0.3 is 97.0 Å². The maximum atomic E-state index is 12.8. The van der Waals surface area contributed by atoms with Crippen LogP contribution in [0.5, 0.6) is 0 Å². The molecule has 8 fully saturated rings. The van der Waals surface area contributed by atoms with Gasteiger partial charge in [0.2, 0.25) is 0 Å². The normalized spacial score (nSPS) is 52.6. The van der Waals surface area contributed by atoms with E-state index in [4.69, 9.17) is 66.3 Å². The third-order valence-electron chi connectivity index (χ3n) is 20.1. The standard InChI is InChI=1S/C56H90O22/c1-26-47(61)36(65-10)21-43(68-26)76-49-28(3)70-44(22-37(49)66-11)77-50-29(4)71-45(23-38(50)67-12)78-51-30(5)72-46(24-39(51)73-32(7)58)75-48-27(2)69-42(20-35(48)59)74-34-14-15-52(8)33(19-34)13-16-55(63)40(52)25-41(60)53(9)54(62,31(6)57)17-18-56(53,55)64/h13,26-30,34-51,59-64H,14-25H2,1-12H3. The maximum Gasteiger partial charge on any atom is 0.302 e. The second kappa shape index (κ2) is 23.3. The predicted octanol–water partition coefficient (Wildman–Crippen LogP) is 2.77. The van der Waals surface area contributed by atoms with Gasteiger partial charge in [-0.15, -0.1) is 0 Å². The Bertz CT molecular complexity index is 2120. The Labute approximate surface area is 458 Å². The zero-order valence-corrected chi connectivity index (χ0v) is 47.6. The number of ketones is 1. The highest BCUT2D eigenvalue weighted by Gasteiger charge is 2.80. The van der Waals surface area contributed by atoms with Crippen LogP contribution in [0.3, 0.4) is 0 Å². The minimum absolute atomic E-state index is 0.0220. The number of fused-ring (bicyclic) bond motifs is 5. The molecule has 78 heavy (non-hydrogen) atoms. The van der Waals surface area contributed by atoms with Crippen molar-refractivity contribution in [2.45, 2.75) is 291 Å². The number of aliphatic hydroxyl groups is 6. The molecule has 9 rings (SSSR count). The molecule has 0 aromatic heterocycles. The number of methoxy groups -OCH3 is 3. The molecule has 4 aliphatic carbocycles. The fourth-order valence-corrected chi connectivity index (χ4v) is 15.5. The maximum absolute atomic E-state index is 12.8. The second-order valence-corrected chi connectivity index (χ2v) is 24.5. The largest absolute Gasteiger partial charge is 0.459 e. The van der Waals surface area contributed by atoms with Crippen molar-refractivity contribution in [3.8, 4) is 0 Å². The van der Waals surface area contributed by atoms with Crippen molar-refractivity contribution in [2.75, 3.05) is 21.3 Å². The number of hydrogen-bond donors (Lipinski definition) is 6. The van der Waals surface area contributed by atoms with E-state index >= 15 is 0 Å². The van der Waals surface area contributed by atoms with E-state index in [-0.39, 0.29) is 51.0 Å². The lowest BCUT2D eigenvalue weighted by Gasteiger charge is -2.66. The quantitative estimate of drug-likeness (QED) is 0.102. The number of Topliss-reactive ketones (excluding diaryl/α,β-unsaturated/α-hetero) is 1. The first kappa shape index (κ1) is 60.7. The van der Waals surface area contributed by atoms with Crippen LogP contribution in [0.1, 0.15) is 139 Å². The summed E-state index contributed by atoms with van der Waals surface area (Å²) >= 11 is 0. The minimum atomic E-state index is -1.97. The Balaban J connectivity index is 0.766. The molecule has 0 bridgehead atoms. The highest BCUT2D eigenvalue weighted by molar-refractivity contribution is 5.87. The highest BCUT2D eigenvalue weighted by Crippen LogP contribution is 2.70. The van der Waals surface area contributed by atoms with Crippen LogP contribution in [0.2, 0.25) is 0 Å². The van der Waals surface area contributed by atoms with Gasteiger partial charge in [0, 0.05) is 66.3 Å². The highest BCUT2D eigenvalue weighted by atomic mass is 16.8. The lowest BCUT2D eigenvalue weighted by molar-refractivity contribution is -0.351. The fraction of sp³-hybridized carbons (Fsp3) is 0.929. The summed E-state index contributed by atoms with van der Waals surface area (Å²) in [5.41, 5.74) is -6.78. The van der Waals surface area contributed by atoms with E-state index in [1.54, 1.807) is 42.1 Å². The Morgan fingerprint density at radius 2 is 1.04 bits per heavy atom. The predicted molar refractivity (Wildman–Crippen MR) is 271 cm³/mol. The molecule has 0 aromatic rings. The van der Waals surface area contributed by atoms with Crippen LogP contribution in [0.4, 0.5) is 0 Å². The molecular formula is C56H90O22. The van der Waals surface area contributed by atoms with Gasteiger partial charge in [0.15, 0.2) is 37.2 Å². The Hall–Kier alpha value is -1.88. The zero-order chi connectivity index (χ0) is 56.6. The summed E-state index contributed by atoms with van der Waals surface area (Å²) < 4.78 is 87.2. The van der Waals surface area contributed by atoms with E-state index in [1.165, 1.54) is 20.8 Å². The van der Waals surface area contributed by atoms with E-state index in [1.807, 2.05) is 19.9 Å². The monoisotopic (exact) mass is 1110 g/mol. The van der Waals surface area contributed by atoms with Crippen molar-refractivity contribution < 1.29 is 107 Å². The average Bonchev–Trinajstić information content (AvgIpc) is 3.63. The molecule has 28 unspecified atom stereocenters. The first-order valence-electron chi connectivity index (χ1n) is 28.5. The van der Waals surface area contributed by atoms with Crippen LogP contribution in [0, 0.1) is 16.7 Å². The number of ether oxygens (including phenoxy) is 14. The van der Waals surface area contributed by atoms with E-state index in [0.29, 0.717) is 32.1 Å². The topological polar surface area (TPSA) is 285 Å². The number of carbonyl (C=O) groups is 2. The molecule has 0 spiro atoms. The summed E-state index contributed by atoms with van der Waals surface area (Å²) in [6, 6.07) is 0. The molecule has 9 aliphatic rings. The van der Waals surface area contributed by atoms with Crippen LogP contribution >= 0.6 is 0 Å². The average molecular weight is 1120 g/mol. The van der Waals surface area contributed by atoms with Crippen molar-refractivity contribution in [3.05, 3.63) is 11.6 Å². The lowest BCUT2D eigenvalue weighted by Crippen LogP contribution is -2.78. The van der Waals surface area contributed by atoms with Crippen LogP contribution in [0.15, 0.2) is 11.6 Å². The molecule has 6 N–H and O–H groups in total. The molecule has 3 saturated carbocycles. The van der Waals surface area contributed by atoms with E-state index in [2.05, 4.69) is 6.92 Å². The van der Waals surface area contributed by atoms with Gasteiger partial charge in [-0.1, -0.05) is 25.5 Å². The molecule has 0 aromatic carbocycles. The third-order valence-corrected chi connectivity index (χ3v) is 20.1. The number of aliphatic hydroxyl groups excluding tert-OH is 3. The molecule has 0 radical (unpaired) electrons. The van der Waals surface area contributed by atoms with Crippen molar-refractivity contribution in [2.24, 2.45) is 16.7 Å². The van der Waals surface area contributed by atoms with Crippen LogP contribution in [-0.2, 0) is 75.9 Å². The third kappa shape index (κ3) is 10.7. The summed E-state index contributed by atoms with van der Waals surface area (Å²) in [5.74, 6) is -1.60. The zero-order valence-electron chi connectivity index (χ0n) is 47.6. The molecule has 22 nitrogen and oxygen atoms in total. The number of esters is 1. The van der Waals surface area contributed by atoms with Gasteiger partial charge in [-0.25, -0.2) is 0 Å². The second-order valence-electron chi connectivity index (χ2n) is 24.5. The van der Waals surface area contributed by atoms with Crippen molar-refractivity contribution >= 4 is 11.8 Å². The molecule has 5 heterocycles. The number of carbonyl (C=O) groups excluding carboxylic acids is 2. The smallest absolute Gasteiger partial charge is 0.302 e. The van der Waals surface area contributed by atoms with E-state index in [0.717, 1.165) is 5.57 Å². The lowest BCUT2D eigenvalue weighted by atomic mass is 9.42. The summed E-state index contributed by atoms with van der Waals surface area (Å²) in [6.07, 6.45) is -9.70. The molecule has 22 heteroatoms. The minimum Gasteiger partial charge on any atom is -0.459 e. The van der Waals surface area contributed by atoms with Crippen molar-refractivity contribution in [3.63, 3.8) is 0 Å². The molecule has 28 atom stereocenters. The van der Waals surface area contributed by atoms with Crippen LogP contribution < -0.4 is 0 Å². The van der Waals surface area contributed by atoms with Gasteiger partial charge in [0.1, 0.15) is 53.4 Å². The molecule has 5 aliphatic heterocycles. The van der Waals surface area contributed by atoms with Crippen molar-refractivity contribution in [1.82, 2.24) is 0 Å². The SMILES string of the molecule is COC1CC(OC2C(C)OC(OC3C(C)OC(OC4C(C)OC(OC5C(O)CC(OC6CCC7(C)C(=CCC8(O)C7CC(O)C7(C)C(O)(C(C)=O)CCC87O)C6)OC5C)CC4OC(C)=O)CC3OC)CC2OC)OC(C)C1O. The van der Waals surface area contributed by atoms with Gasteiger partial charge >= 0.3 is 5.97 Å². The van der Waals surface area contributed by atoms with Crippen LogP contribution in [-0.4, -0.2) is 216 Å². The van der Waals surface area contributed by atoms with Gasteiger partial charge in [-0.2, -0.15) is 0 Å². The summed E-state index contributed by atoms with van der Waals surface area (Å²) in [6.45, 7) is 15.3. The van der Waals surface area contributed by atoms with Gasteiger partial charge in [0.25, 0.3) is 0 Å². The summed E-state index contributed by atoms with van der Waals surface area (Å²) in [4.78, 5) is 25.4. The first-order valence-corrected chi connectivity index (χ1v) is 28.5. The first-order chi connectivity index (χ1) is 36.7. The van der Waals surface area contributed by atoms with Crippen LogP contribution in [0.25, 0.3) is 0 Å². The van der Waals surface area contributed by atoms with E-state index < -0.39 is 174 Å². The Kier molecular flexibility index (Phi) is 18.1. The fourth-order valence-electron chi connectivity index (χ4n) is 15.5. The molecule has 0 amide bonds. The van der Waals surface area contributed by atoms with Gasteiger partial charge in [-0.3, -0.25) is 9.59 Å². The van der Waals surface area contributed by atoms with Gasteiger partial charge in [0.05, 0.1) is 72.6 Å². The molecular weight excluding hydrogens is 1020 g/mol. The number of rotatable bonds is 15. The van der Waals surface area contributed by atoms with Gasteiger partial charge in [-0.05, 0) is 91.9 Å². The molecule has 5 saturated heterocycles. The Morgan fingerprint density at radius 1 is 0.577 bits per heavy atom. The van der Waals surface area contributed by atoms with E-state index in [9.17, 15) is 40.2 Å². The Morgan fingerprint density at radius 3 is 1.54 bits per heavy atom. The summed E-state index contributed by atoms with van der Waals surface area (Å²) in [5, 5.41) is 70.4. The molecule has 446 valence electrons.